The van der Waals surface area contributed by atoms with Crippen LogP contribution in [0.1, 0.15) is 19.4 Å². The van der Waals surface area contributed by atoms with Gasteiger partial charge in [0.1, 0.15) is 5.75 Å². The number of halogens is 2. The maximum absolute atomic E-state index is 6.37. The van der Waals surface area contributed by atoms with Crippen LogP contribution in [0, 0.1) is 0 Å². The van der Waals surface area contributed by atoms with Gasteiger partial charge in [-0.1, -0.05) is 55.2 Å². The third kappa shape index (κ3) is 4.13. The molecule has 2 nitrogen and oxygen atoms in total. The number of hydrogen-bond acceptors (Lipinski definition) is 2. The minimum atomic E-state index is 0.432. The van der Waals surface area contributed by atoms with Gasteiger partial charge in [-0.05, 0) is 34.9 Å². The predicted octanol–water partition coefficient (Wildman–Crippen LogP) is 5.17. The summed E-state index contributed by atoms with van der Waals surface area (Å²) in [6.45, 7) is 4.99. The molecule has 1 N–H and O–H groups in total. The Hall–Kier alpha value is -1.22. The Balaban J connectivity index is 2.27. The first-order valence-corrected chi connectivity index (χ1v) is 7.62. The fourth-order valence-corrected chi connectivity index (χ4v) is 2.47. The molecule has 4 heteroatoms. The molecule has 2 aromatic rings. The Kier molecular flexibility index (Phi) is 5.51. The van der Waals surface area contributed by atoms with E-state index in [0.29, 0.717) is 16.8 Å². The minimum Gasteiger partial charge on any atom is -0.495 e. The second-order valence-electron chi connectivity index (χ2n) is 5.19. The highest BCUT2D eigenvalue weighted by Gasteiger charge is 2.07. The van der Waals surface area contributed by atoms with E-state index in [-0.39, 0.29) is 0 Å². The number of hydrogen-bond donors (Lipinski definition) is 1. The number of benzene rings is 2. The molecule has 0 aliphatic rings. The Labute approximate surface area is 136 Å². The Morgan fingerprint density at radius 2 is 1.67 bits per heavy atom. The summed E-state index contributed by atoms with van der Waals surface area (Å²) in [6.07, 6.45) is 0. The van der Waals surface area contributed by atoms with Gasteiger partial charge in [0.05, 0.1) is 12.1 Å². The zero-order valence-corrected chi connectivity index (χ0v) is 13.9. The van der Waals surface area contributed by atoms with Crippen LogP contribution < -0.4 is 10.1 Å². The largest absolute Gasteiger partial charge is 0.495 e. The average Bonchev–Trinajstić information content (AvgIpc) is 2.46. The van der Waals surface area contributed by atoms with E-state index in [1.807, 2.05) is 30.3 Å². The lowest BCUT2D eigenvalue weighted by atomic mass is 10.0. The van der Waals surface area contributed by atoms with Crippen LogP contribution in [0.4, 0.5) is 0 Å². The topological polar surface area (TPSA) is 21.3 Å². The third-order valence-electron chi connectivity index (χ3n) is 3.24. The minimum absolute atomic E-state index is 0.432. The van der Waals surface area contributed by atoms with E-state index in [1.165, 1.54) is 0 Å². The molecule has 0 fully saturated rings. The van der Waals surface area contributed by atoms with Crippen LogP contribution in [0.2, 0.25) is 10.0 Å². The Morgan fingerprint density at radius 3 is 2.29 bits per heavy atom. The lowest BCUT2D eigenvalue weighted by Gasteiger charge is -2.12. The molecule has 0 atom stereocenters. The van der Waals surface area contributed by atoms with Crippen LogP contribution in [-0.4, -0.2) is 13.2 Å². The molecule has 112 valence electrons. The van der Waals surface area contributed by atoms with Crippen molar-refractivity contribution in [3.8, 4) is 16.9 Å². The molecule has 2 aromatic carbocycles. The second kappa shape index (κ2) is 7.17. The van der Waals surface area contributed by atoms with E-state index in [4.69, 9.17) is 27.9 Å². The first kappa shape index (κ1) is 16.2. The standard InChI is InChI=1S/C17H19Cl2NO/c1-11(2)20-10-14-5-4-12(8-16(14)19)13-6-7-15(18)17(9-13)21-3/h4-9,11,20H,10H2,1-3H3. The monoisotopic (exact) mass is 323 g/mol. The zero-order chi connectivity index (χ0) is 15.4. The molecule has 0 bridgehead atoms. The molecule has 0 heterocycles. The van der Waals surface area contributed by atoms with E-state index in [9.17, 15) is 0 Å². The van der Waals surface area contributed by atoms with Gasteiger partial charge in [-0.25, -0.2) is 0 Å². The normalized spacial score (nSPS) is 11.0. The number of rotatable bonds is 5. The van der Waals surface area contributed by atoms with Crippen molar-refractivity contribution < 1.29 is 4.74 Å². The first-order chi connectivity index (χ1) is 10.0. The SMILES string of the molecule is COc1cc(-c2ccc(CNC(C)C)c(Cl)c2)ccc1Cl. The van der Waals surface area contributed by atoms with Crippen molar-refractivity contribution in [1.29, 1.82) is 0 Å². The highest BCUT2D eigenvalue weighted by molar-refractivity contribution is 6.32. The molecule has 0 aliphatic carbocycles. The summed E-state index contributed by atoms with van der Waals surface area (Å²) in [5.74, 6) is 0.663. The Bertz CT molecular complexity index is 626. The zero-order valence-electron chi connectivity index (χ0n) is 12.4. The smallest absolute Gasteiger partial charge is 0.138 e. The van der Waals surface area contributed by atoms with E-state index in [2.05, 4.69) is 25.2 Å². The van der Waals surface area contributed by atoms with Crippen LogP contribution in [-0.2, 0) is 6.54 Å². The predicted molar refractivity (Wildman–Crippen MR) is 90.4 cm³/mol. The maximum Gasteiger partial charge on any atom is 0.138 e. The summed E-state index contributed by atoms with van der Waals surface area (Å²) in [5.41, 5.74) is 3.17. The van der Waals surface area contributed by atoms with Crippen molar-refractivity contribution in [2.24, 2.45) is 0 Å². The molecule has 0 radical (unpaired) electrons. The molecular formula is C17H19Cl2NO. The lowest BCUT2D eigenvalue weighted by molar-refractivity contribution is 0.415. The quantitative estimate of drug-likeness (QED) is 0.819. The van der Waals surface area contributed by atoms with Gasteiger partial charge in [0, 0.05) is 17.6 Å². The molecule has 0 unspecified atom stereocenters. The molecule has 21 heavy (non-hydrogen) atoms. The van der Waals surface area contributed by atoms with Gasteiger partial charge in [0.2, 0.25) is 0 Å². The average molecular weight is 324 g/mol. The number of ether oxygens (including phenoxy) is 1. The van der Waals surface area contributed by atoms with Gasteiger partial charge in [-0.2, -0.15) is 0 Å². The molecule has 0 saturated carbocycles. The van der Waals surface area contributed by atoms with Crippen LogP contribution in [0.25, 0.3) is 11.1 Å². The third-order valence-corrected chi connectivity index (χ3v) is 3.90. The molecule has 0 aliphatic heterocycles. The van der Waals surface area contributed by atoms with Gasteiger partial charge < -0.3 is 10.1 Å². The summed E-state index contributed by atoms with van der Waals surface area (Å²) in [6, 6.07) is 12.2. The summed E-state index contributed by atoms with van der Waals surface area (Å²) in [5, 5.41) is 4.73. The van der Waals surface area contributed by atoms with Crippen LogP contribution in [0.3, 0.4) is 0 Å². The second-order valence-corrected chi connectivity index (χ2v) is 6.01. The molecular weight excluding hydrogens is 305 g/mol. The summed E-state index contributed by atoms with van der Waals surface area (Å²) in [7, 11) is 1.61. The van der Waals surface area contributed by atoms with Gasteiger partial charge >= 0.3 is 0 Å². The van der Waals surface area contributed by atoms with E-state index >= 15 is 0 Å². The molecule has 0 aromatic heterocycles. The number of methoxy groups -OCH3 is 1. The maximum atomic E-state index is 6.37. The van der Waals surface area contributed by atoms with E-state index in [1.54, 1.807) is 7.11 Å². The van der Waals surface area contributed by atoms with Gasteiger partial charge in [-0.15, -0.1) is 0 Å². The van der Waals surface area contributed by atoms with Crippen molar-refractivity contribution in [1.82, 2.24) is 5.32 Å². The van der Waals surface area contributed by atoms with Gasteiger partial charge in [0.15, 0.2) is 0 Å². The van der Waals surface area contributed by atoms with E-state index in [0.717, 1.165) is 28.3 Å². The number of nitrogens with one attached hydrogen (secondary N) is 1. The van der Waals surface area contributed by atoms with Crippen molar-refractivity contribution in [3.63, 3.8) is 0 Å². The molecule has 0 spiro atoms. The fourth-order valence-electron chi connectivity index (χ4n) is 2.02. The summed E-state index contributed by atoms with van der Waals surface area (Å²) >= 11 is 12.4. The first-order valence-electron chi connectivity index (χ1n) is 6.87. The lowest BCUT2D eigenvalue weighted by Crippen LogP contribution is -2.21. The summed E-state index contributed by atoms with van der Waals surface area (Å²) < 4.78 is 5.25. The van der Waals surface area contributed by atoms with Crippen LogP contribution in [0.15, 0.2) is 36.4 Å². The molecule has 2 rings (SSSR count). The van der Waals surface area contributed by atoms with E-state index < -0.39 is 0 Å². The van der Waals surface area contributed by atoms with Crippen LogP contribution in [0.5, 0.6) is 5.75 Å². The van der Waals surface area contributed by atoms with Crippen molar-refractivity contribution >= 4 is 23.2 Å². The van der Waals surface area contributed by atoms with Gasteiger partial charge in [-0.3, -0.25) is 0 Å². The fraction of sp³-hybridized carbons (Fsp3) is 0.294. The summed E-state index contributed by atoms with van der Waals surface area (Å²) in [4.78, 5) is 0. The van der Waals surface area contributed by atoms with Crippen molar-refractivity contribution in [2.45, 2.75) is 26.4 Å². The van der Waals surface area contributed by atoms with Crippen molar-refractivity contribution in [3.05, 3.63) is 52.0 Å². The van der Waals surface area contributed by atoms with Crippen molar-refractivity contribution in [2.75, 3.05) is 7.11 Å². The Morgan fingerprint density at radius 1 is 1.00 bits per heavy atom. The molecule has 0 saturated heterocycles. The van der Waals surface area contributed by atoms with Gasteiger partial charge in [0.25, 0.3) is 0 Å². The highest BCUT2D eigenvalue weighted by Crippen LogP contribution is 2.32. The molecule has 0 amide bonds. The highest BCUT2D eigenvalue weighted by atomic mass is 35.5. The van der Waals surface area contributed by atoms with Crippen LogP contribution >= 0.6 is 23.2 Å².